The van der Waals surface area contributed by atoms with Crippen molar-refractivity contribution in [2.75, 3.05) is 112 Å². The fraction of sp³-hybridized carbons (Fsp3) is 0.913. The minimum Gasteiger partial charge on any atom is -0.396 e. The number of hydrogen-bond donors (Lipinski definition) is 3. The summed E-state index contributed by atoms with van der Waals surface area (Å²) in [6.07, 6.45) is 8.66. The van der Waals surface area contributed by atoms with Gasteiger partial charge in [-0.3, -0.25) is 0 Å². The van der Waals surface area contributed by atoms with Crippen LogP contribution in [-0.2, 0) is 18.9 Å². The van der Waals surface area contributed by atoms with Crippen molar-refractivity contribution >= 4 is 0 Å². The second-order valence-electron chi connectivity index (χ2n) is 7.43. The summed E-state index contributed by atoms with van der Waals surface area (Å²) in [5.74, 6) is 2.40. The fourth-order valence-electron chi connectivity index (χ4n) is 3.08. The molecule has 0 heterocycles. The van der Waals surface area contributed by atoms with Crippen LogP contribution >= 0.6 is 0 Å². The summed E-state index contributed by atoms with van der Waals surface area (Å²) in [6, 6.07) is 0. The SMILES string of the molecule is C#CCOCCOCCOCCOCCN(CCCO)CCCN(CCCN)CCCO. The number of terminal acetylenes is 1. The molecule has 0 aliphatic carbocycles. The number of hydrogen-bond acceptors (Lipinski definition) is 9. The van der Waals surface area contributed by atoms with Gasteiger partial charge >= 0.3 is 0 Å². The molecule has 0 aliphatic rings. The van der Waals surface area contributed by atoms with Crippen LogP contribution in [0.15, 0.2) is 0 Å². The van der Waals surface area contributed by atoms with Crippen molar-refractivity contribution in [2.45, 2.75) is 25.7 Å². The summed E-state index contributed by atoms with van der Waals surface area (Å²) in [7, 11) is 0. The highest BCUT2D eigenvalue weighted by molar-refractivity contribution is 4.82. The number of aliphatic hydroxyl groups excluding tert-OH is 2. The van der Waals surface area contributed by atoms with Crippen molar-refractivity contribution in [3.63, 3.8) is 0 Å². The molecule has 0 aliphatic heterocycles. The maximum Gasteiger partial charge on any atom is 0.107 e. The highest BCUT2D eigenvalue weighted by atomic mass is 16.6. The Balaban J connectivity index is 3.79. The van der Waals surface area contributed by atoms with Gasteiger partial charge in [-0.05, 0) is 51.9 Å². The molecule has 0 bridgehead atoms. The van der Waals surface area contributed by atoms with Crippen molar-refractivity contribution in [2.24, 2.45) is 5.73 Å². The van der Waals surface area contributed by atoms with Gasteiger partial charge in [0.1, 0.15) is 6.61 Å². The van der Waals surface area contributed by atoms with E-state index in [0.717, 1.165) is 65.0 Å². The quantitative estimate of drug-likeness (QED) is 0.119. The summed E-state index contributed by atoms with van der Waals surface area (Å²) >= 11 is 0. The first-order valence-electron chi connectivity index (χ1n) is 11.9. The molecule has 0 radical (unpaired) electrons. The third kappa shape index (κ3) is 22.4. The number of nitrogens with two attached hydrogens (primary N) is 1. The molecule has 9 nitrogen and oxygen atoms in total. The minimum absolute atomic E-state index is 0.197. The lowest BCUT2D eigenvalue weighted by atomic mass is 10.2. The van der Waals surface area contributed by atoms with Gasteiger partial charge in [0, 0.05) is 32.8 Å². The zero-order valence-electron chi connectivity index (χ0n) is 19.9. The Morgan fingerprint density at radius 1 is 0.594 bits per heavy atom. The summed E-state index contributed by atoms with van der Waals surface area (Å²) in [5, 5.41) is 18.2. The van der Waals surface area contributed by atoms with Crippen LogP contribution in [0.3, 0.4) is 0 Å². The van der Waals surface area contributed by atoms with E-state index >= 15 is 0 Å². The molecule has 0 unspecified atom stereocenters. The van der Waals surface area contributed by atoms with E-state index in [2.05, 4.69) is 15.7 Å². The van der Waals surface area contributed by atoms with Crippen molar-refractivity contribution in [1.82, 2.24) is 9.80 Å². The number of nitrogens with zero attached hydrogens (tertiary/aromatic N) is 2. The van der Waals surface area contributed by atoms with Crippen LogP contribution in [0.5, 0.6) is 0 Å². The van der Waals surface area contributed by atoms with Gasteiger partial charge in [0.25, 0.3) is 0 Å². The van der Waals surface area contributed by atoms with E-state index in [1.807, 2.05) is 0 Å². The van der Waals surface area contributed by atoms with Gasteiger partial charge < -0.3 is 44.7 Å². The molecule has 0 saturated heterocycles. The monoisotopic (exact) mass is 461 g/mol. The van der Waals surface area contributed by atoms with Crippen LogP contribution in [0.25, 0.3) is 0 Å². The molecular weight excluding hydrogens is 414 g/mol. The first kappa shape index (κ1) is 31.2. The van der Waals surface area contributed by atoms with Crippen molar-refractivity contribution in [3.8, 4) is 12.3 Å². The van der Waals surface area contributed by atoms with Gasteiger partial charge in [-0.2, -0.15) is 0 Å². The number of rotatable bonds is 26. The number of aliphatic hydroxyl groups is 2. The van der Waals surface area contributed by atoms with Crippen LogP contribution in [0, 0.1) is 12.3 Å². The average Bonchev–Trinajstić information content (AvgIpc) is 2.81. The summed E-state index contributed by atoms with van der Waals surface area (Å²) < 4.78 is 21.7. The van der Waals surface area contributed by atoms with E-state index in [-0.39, 0.29) is 13.2 Å². The molecule has 0 atom stereocenters. The van der Waals surface area contributed by atoms with E-state index in [1.165, 1.54) is 0 Å². The molecule has 190 valence electrons. The summed E-state index contributed by atoms with van der Waals surface area (Å²) in [5.41, 5.74) is 5.63. The maximum atomic E-state index is 9.16. The number of ether oxygens (including phenoxy) is 4. The lowest BCUT2D eigenvalue weighted by molar-refractivity contribution is -0.00128. The Morgan fingerprint density at radius 3 is 1.53 bits per heavy atom. The van der Waals surface area contributed by atoms with Gasteiger partial charge in [-0.15, -0.1) is 6.42 Å². The molecule has 0 saturated carbocycles. The van der Waals surface area contributed by atoms with Gasteiger partial charge in [0.2, 0.25) is 0 Å². The van der Waals surface area contributed by atoms with E-state index in [4.69, 9.17) is 41.3 Å². The maximum absolute atomic E-state index is 9.16. The van der Waals surface area contributed by atoms with Crippen LogP contribution in [0.2, 0.25) is 0 Å². The lowest BCUT2D eigenvalue weighted by Gasteiger charge is -2.25. The fourth-order valence-corrected chi connectivity index (χ4v) is 3.08. The topological polar surface area (TPSA) is 110 Å². The van der Waals surface area contributed by atoms with Gasteiger partial charge in [0.15, 0.2) is 0 Å². The Labute approximate surface area is 195 Å². The molecule has 0 amide bonds. The van der Waals surface area contributed by atoms with Gasteiger partial charge in [-0.25, -0.2) is 0 Å². The molecule has 0 aromatic carbocycles. The van der Waals surface area contributed by atoms with Crippen LogP contribution in [-0.4, -0.2) is 132 Å². The second kappa shape index (κ2) is 26.5. The third-order valence-electron chi connectivity index (χ3n) is 4.75. The Morgan fingerprint density at radius 2 is 1.03 bits per heavy atom. The predicted molar refractivity (Wildman–Crippen MR) is 127 cm³/mol. The minimum atomic E-state index is 0.197. The molecule has 32 heavy (non-hydrogen) atoms. The lowest BCUT2D eigenvalue weighted by Crippen LogP contribution is -2.34. The summed E-state index contributed by atoms with van der Waals surface area (Å²) in [4.78, 5) is 4.70. The normalized spacial score (nSPS) is 11.5. The standard InChI is InChI=1S/C23H47N3O6/c1-2-16-29-18-20-31-22-23-32-21-19-30-17-13-26(12-6-15-28)10-4-9-25(8-3-7-24)11-5-14-27/h1,27-28H,3-24H2. The van der Waals surface area contributed by atoms with Crippen molar-refractivity contribution in [3.05, 3.63) is 0 Å². The smallest absolute Gasteiger partial charge is 0.107 e. The van der Waals surface area contributed by atoms with Gasteiger partial charge in [0.05, 0.1) is 46.2 Å². The predicted octanol–water partition coefficient (Wildman–Crippen LogP) is -0.206. The van der Waals surface area contributed by atoms with E-state index in [0.29, 0.717) is 59.4 Å². The molecule has 0 fully saturated rings. The molecule has 4 N–H and O–H groups in total. The Bertz CT molecular complexity index is 404. The van der Waals surface area contributed by atoms with Crippen molar-refractivity contribution in [1.29, 1.82) is 0 Å². The van der Waals surface area contributed by atoms with Crippen LogP contribution in [0.4, 0.5) is 0 Å². The molecule has 0 rings (SSSR count). The summed E-state index contributed by atoms with van der Waals surface area (Å²) in [6.45, 7) is 10.7. The first-order chi connectivity index (χ1) is 15.8. The molecule has 0 aromatic rings. The van der Waals surface area contributed by atoms with Gasteiger partial charge in [-0.1, -0.05) is 5.92 Å². The van der Waals surface area contributed by atoms with Crippen LogP contribution < -0.4 is 5.73 Å². The Kier molecular flexibility index (Phi) is 25.8. The van der Waals surface area contributed by atoms with Crippen molar-refractivity contribution < 1.29 is 29.2 Å². The Hall–Kier alpha value is -0.800. The molecule has 0 spiro atoms. The third-order valence-corrected chi connectivity index (χ3v) is 4.75. The van der Waals surface area contributed by atoms with E-state index < -0.39 is 0 Å². The molecular formula is C23H47N3O6. The zero-order chi connectivity index (χ0) is 23.5. The zero-order valence-corrected chi connectivity index (χ0v) is 19.9. The second-order valence-corrected chi connectivity index (χ2v) is 7.43. The highest BCUT2D eigenvalue weighted by Crippen LogP contribution is 2.00. The largest absolute Gasteiger partial charge is 0.396 e. The molecule has 9 heteroatoms. The molecule has 0 aromatic heterocycles. The average molecular weight is 462 g/mol. The highest BCUT2D eigenvalue weighted by Gasteiger charge is 2.08. The van der Waals surface area contributed by atoms with E-state index in [9.17, 15) is 0 Å². The van der Waals surface area contributed by atoms with Crippen LogP contribution in [0.1, 0.15) is 25.7 Å². The first-order valence-corrected chi connectivity index (χ1v) is 11.9. The van der Waals surface area contributed by atoms with E-state index in [1.54, 1.807) is 0 Å².